The molecule has 1 saturated heterocycles. The normalized spacial score (nSPS) is 21.7. The van der Waals surface area contributed by atoms with E-state index in [-0.39, 0.29) is 6.10 Å². The summed E-state index contributed by atoms with van der Waals surface area (Å²) in [5, 5.41) is 13.0. The van der Waals surface area contributed by atoms with Crippen molar-refractivity contribution in [3.63, 3.8) is 0 Å². The molecule has 1 atom stereocenters. The van der Waals surface area contributed by atoms with E-state index >= 15 is 0 Å². The van der Waals surface area contributed by atoms with Gasteiger partial charge in [-0.1, -0.05) is 37.1 Å². The summed E-state index contributed by atoms with van der Waals surface area (Å²) in [6.07, 6.45) is 5.92. The van der Waals surface area contributed by atoms with E-state index < -0.39 is 0 Å². The molecule has 0 radical (unpaired) electrons. The number of rotatable bonds is 7. The Morgan fingerprint density at radius 3 is 2.68 bits per heavy atom. The summed E-state index contributed by atoms with van der Waals surface area (Å²) in [5.41, 5.74) is 5.98. The summed E-state index contributed by atoms with van der Waals surface area (Å²) in [7, 11) is 0. The van der Waals surface area contributed by atoms with E-state index in [1.807, 2.05) is 6.92 Å². The largest absolute Gasteiger partial charge is 0.392 e. The third-order valence-electron chi connectivity index (χ3n) is 7.38. The van der Waals surface area contributed by atoms with Crippen LogP contribution in [-0.2, 0) is 6.54 Å². The highest BCUT2D eigenvalue weighted by Crippen LogP contribution is 2.41. The molecule has 5 nitrogen and oxygen atoms in total. The predicted octanol–water partition coefficient (Wildman–Crippen LogP) is 4.67. The van der Waals surface area contributed by atoms with Gasteiger partial charge in [0, 0.05) is 32.2 Å². The standard InChI is InChI=1S/C26H40N4O/c1-19-8-7-13-26(3,4)22(19)18-29-14-11-21(12-15-29)30-24-10-6-5-9-23(24)28-25(30)17-27-16-20(2)31/h5-6,9-10,20-21,27,31H,7-8,11-18H2,1-4H3. The van der Waals surface area contributed by atoms with Crippen molar-refractivity contribution >= 4 is 11.0 Å². The van der Waals surface area contributed by atoms with Crippen LogP contribution in [0.5, 0.6) is 0 Å². The van der Waals surface area contributed by atoms with Gasteiger partial charge in [-0.15, -0.1) is 0 Å². The summed E-state index contributed by atoms with van der Waals surface area (Å²) in [5.74, 6) is 1.09. The van der Waals surface area contributed by atoms with Crippen LogP contribution in [0.25, 0.3) is 11.0 Å². The van der Waals surface area contributed by atoms with Gasteiger partial charge >= 0.3 is 0 Å². The number of likely N-dealkylation sites (tertiary alicyclic amines) is 1. The number of nitrogens with zero attached hydrogens (tertiary/aromatic N) is 3. The molecule has 0 saturated carbocycles. The molecule has 0 amide bonds. The Balaban J connectivity index is 1.47. The van der Waals surface area contributed by atoms with Crippen molar-refractivity contribution in [1.82, 2.24) is 19.8 Å². The summed E-state index contributed by atoms with van der Waals surface area (Å²) >= 11 is 0. The average Bonchev–Trinajstić information content (AvgIpc) is 3.09. The number of allylic oxidation sites excluding steroid dienone is 1. The molecule has 1 aromatic heterocycles. The van der Waals surface area contributed by atoms with Gasteiger partial charge in [0.2, 0.25) is 0 Å². The Kier molecular flexibility index (Phi) is 6.85. The molecule has 2 aromatic rings. The highest BCUT2D eigenvalue weighted by atomic mass is 16.3. The number of benzene rings is 1. The molecule has 2 aliphatic rings. The van der Waals surface area contributed by atoms with Gasteiger partial charge in [0.25, 0.3) is 0 Å². The van der Waals surface area contributed by atoms with E-state index in [9.17, 15) is 5.11 Å². The number of aliphatic hydroxyl groups is 1. The first-order valence-corrected chi connectivity index (χ1v) is 12.1. The van der Waals surface area contributed by atoms with Gasteiger partial charge in [-0.05, 0) is 63.5 Å². The van der Waals surface area contributed by atoms with Crippen LogP contribution < -0.4 is 5.32 Å². The molecule has 4 rings (SSSR count). The van der Waals surface area contributed by atoms with Crippen molar-refractivity contribution in [3.05, 3.63) is 41.2 Å². The second kappa shape index (κ2) is 9.43. The maximum Gasteiger partial charge on any atom is 0.124 e. The van der Waals surface area contributed by atoms with Crippen molar-refractivity contribution in [2.45, 2.75) is 78.5 Å². The van der Waals surface area contributed by atoms with Crippen molar-refractivity contribution in [2.75, 3.05) is 26.2 Å². The zero-order chi connectivity index (χ0) is 22.0. The van der Waals surface area contributed by atoms with Crippen molar-refractivity contribution < 1.29 is 5.11 Å². The highest BCUT2D eigenvalue weighted by Gasteiger charge is 2.31. The molecule has 2 heterocycles. The second-order valence-electron chi connectivity index (χ2n) is 10.4. The maximum atomic E-state index is 9.61. The minimum atomic E-state index is -0.345. The number of fused-ring (bicyclic) bond motifs is 1. The molecule has 2 N–H and O–H groups in total. The van der Waals surface area contributed by atoms with E-state index in [2.05, 4.69) is 59.8 Å². The molecule has 1 aliphatic heterocycles. The fourth-order valence-electron chi connectivity index (χ4n) is 5.60. The Hall–Kier alpha value is -1.69. The van der Waals surface area contributed by atoms with Gasteiger partial charge in [-0.25, -0.2) is 4.98 Å². The van der Waals surface area contributed by atoms with Crippen LogP contribution in [0.2, 0.25) is 0 Å². The zero-order valence-corrected chi connectivity index (χ0v) is 19.8. The lowest BCUT2D eigenvalue weighted by Crippen LogP contribution is -2.39. The van der Waals surface area contributed by atoms with E-state index in [0.29, 0.717) is 24.5 Å². The average molecular weight is 425 g/mol. The number of imidazole rings is 1. The third kappa shape index (κ3) is 5.05. The van der Waals surface area contributed by atoms with Gasteiger partial charge in [-0.3, -0.25) is 4.90 Å². The molecule has 1 aliphatic carbocycles. The van der Waals surface area contributed by atoms with E-state index in [4.69, 9.17) is 4.98 Å². The van der Waals surface area contributed by atoms with Crippen molar-refractivity contribution in [3.8, 4) is 0 Å². The summed E-state index contributed by atoms with van der Waals surface area (Å²) in [6.45, 7) is 13.7. The predicted molar refractivity (Wildman–Crippen MR) is 128 cm³/mol. The first kappa shape index (κ1) is 22.5. The number of para-hydroxylation sites is 2. The third-order valence-corrected chi connectivity index (χ3v) is 7.38. The molecular weight excluding hydrogens is 384 g/mol. The van der Waals surface area contributed by atoms with Gasteiger partial charge in [0.1, 0.15) is 5.82 Å². The fourth-order valence-corrected chi connectivity index (χ4v) is 5.60. The smallest absolute Gasteiger partial charge is 0.124 e. The van der Waals surface area contributed by atoms with Crippen molar-refractivity contribution in [2.24, 2.45) is 5.41 Å². The van der Waals surface area contributed by atoms with Crippen LogP contribution in [0.3, 0.4) is 0 Å². The SMILES string of the molecule is CC1=C(CN2CCC(n3c(CNCC(C)O)nc4ccccc43)CC2)C(C)(C)CCC1. The molecule has 0 spiro atoms. The van der Waals surface area contributed by atoms with Gasteiger partial charge in [-0.2, -0.15) is 0 Å². The van der Waals surface area contributed by atoms with Crippen LogP contribution in [0.4, 0.5) is 0 Å². The number of piperidine rings is 1. The molecule has 5 heteroatoms. The van der Waals surface area contributed by atoms with Crippen LogP contribution in [0, 0.1) is 5.41 Å². The quantitative estimate of drug-likeness (QED) is 0.634. The van der Waals surface area contributed by atoms with Gasteiger partial charge in [0.05, 0.1) is 23.7 Å². The fraction of sp³-hybridized carbons (Fsp3) is 0.654. The zero-order valence-electron chi connectivity index (χ0n) is 19.8. The van der Waals surface area contributed by atoms with Crippen LogP contribution in [0.15, 0.2) is 35.4 Å². The van der Waals surface area contributed by atoms with Crippen molar-refractivity contribution in [1.29, 1.82) is 0 Å². The van der Waals surface area contributed by atoms with Crippen LogP contribution >= 0.6 is 0 Å². The molecule has 1 fully saturated rings. The molecular formula is C26H40N4O. The summed E-state index contributed by atoms with van der Waals surface area (Å²) in [4.78, 5) is 7.60. The lowest BCUT2D eigenvalue weighted by atomic mass is 9.72. The minimum absolute atomic E-state index is 0.345. The molecule has 1 unspecified atom stereocenters. The Labute approximate surface area is 187 Å². The minimum Gasteiger partial charge on any atom is -0.392 e. The highest BCUT2D eigenvalue weighted by molar-refractivity contribution is 5.76. The Bertz CT molecular complexity index is 919. The molecule has 0 bridgehead atoms. The van der Waals surface area contributed by atoms with E-state index in [0.717, 1.165) is 43.8 Å². The number of aliphatic hydroxyl groups excluding tert-OH is 1. The molecule has 170 valence electrons. The second-order valence-corrected chi connectivity index (χ2v) is 10.4. The van der Waals surface area contributed by atoms with Gasteiger partial charge < -0.3 is 15.0 Å². The summed E-state index contributed by atoms with van der Waals surface area (Å²) in [6, 6.07) is 8.98. The first-order chi connectivity index (χ1) is 14.8. The number of hydrogen-bond acceptors (Lipinski definition) is 4. The first-order valence-electron chi connectivity index (χ1n) is 12.1. The van der Waals surface area contributed by atoms with Crippen LogP contribution in [-0.4, -0.2) is 51.8 Å². The van der Waals surface area contributed by atoms with E-state index in [1.165, 1.54) is 24.8 Å². The Morgan fingerprint density at radius 1 is 1.23 bits per heavy atom. The van der Waals surface area contributed by atoms with Crippen LogP contribution in [0.1, 0.15) is 71.7 Å². The van der Waals surface area contributed by atoms with Gasteiger partial charge in [0.15, 0.2) is 0 Å². The topological polar surface area (TPSA) is 53.3 Å². The molecule has 31 heavy (non-hydrogen) atoms. The monoisotopic (exact) mass is 424 g/mol. The summed E-state index contributed by atoms with van der Waals surface area (Å²) < 4.78 is 2.47. The number of aromatic nitrogens is 2. The number of hydrogen-bond donors (Lipinski definition) is 2. The van der Waals surface area contributed by atoms with E-state index in [1.54, 1.807) is 11.1 Å². The lowest BCUT2D eigenvalue weighted by Gasteiger charge is -2.40. The molecule has 1 aromatic carbocycles. The maximum absolute atomic E-state index is 9.61. The Morgan fingerprint density at radius 2 is 1.97 bits per heavy atom. The lowest BCUT2D eigenvalue weighted by molar-refractivity contribution is 0.182. The number of nitrogens with one attached hydrogen (secondary N) is 1.